The van der Waals surface area contributed by atoms with Gasteiger partial charge >= 0.3 is 0 Å². The van der Waals surface area contributed by atoms with E-state index in [1.165, 1.54) is 16.1 Å². The number of aryl methyl sites for hydroxylation is 2. The number of rotatable bonds is 4. The van der Waals surface area contributed by atoms with Gasteiger partial charge in [0.15, 0.2) is 5.76 Å². The van der Waals surface area contributed by atoms with Crippen molar-refractivity contribution in [3.63, 3.8) is 0 Å². The van der Waals surface area contributed by atoms with Crippen molar-refractivity contribution in [2.45, 2.75) is 43.4 Å². The number of carbonyl (C=O) groups excluding carboxylic acids is 2. The largest absolute Gasteiger partial charge is 0.459 e. The van der Waals surface area contributed by atoms with Crippen molar-refractivity contribution < 1.29 is 22.4 Å². The van der Waals surface area contributed by atoms with Gasteiger partial charge in [0.1, 0.15) is 0 Å². The fraction of sp³-hybridized carbons (Fsp3) is 0.520. The van der Waals surface area contributed by atoms with Gasteiger partial charge in [-0.1, -0.05) is 6.07 Å². The van der Waals surface area contributed by atoms with Gasteiger partial charge in [-0.3, -0.25) is 9.59 Å². The Kier molecular flexibility index (Phi) is 6.48. The number of fused-ring (bicyclic) bond motifs is 1. The molecule has 0 N–H and O–H groups in total. The molecule has 0 saturated carbocycles. The first-order valence-electron chi connectivity index (χ1n) is 12.2. The number of carbonyl (C=O) groups is 2. The van der Waals surface area contributed by atoms with Gasteiger partial charge in [0.25, 0.3) is 5.91 Å². The molecule has 2 aliphatic heterocycles. The van der Waals surface area contributed by atoms with Gasteiger partial charge in [-0.25, -0.2) is 8.42 Å². The number of sulfonamides is 1. The van der Waals surface area contributed by atoms with E-state index < -0.39 is 10.0 Å². The lowest BCUT2D eigenvalue weighted by molar-refractivity contribution is -0.138. The number of hydrogen-bond donors (Lipinski definition) is 0. The summed E-state index contributed by atoms with van der Waals surface area (Å²) < 4.78 is 33.2. The van der Waals surface area contributed by atoms with Crippen LogP contribution in [-0.2, 0) is 27.7 Å². The highest BCUT2D eigenvalue weighted by Crippen LogP contribution is 2.29. The first kappa shape index (κ1) is 23.1. The second kappa shape index (κ2) is 9.54. The van der Waals surface area contributed by atoms with Crippen LogP contribution in [0.25, 0.3) is 0 Å². The third kappa shape index (κ3) is 4.51. The molecule has 0 radical (unpaired) electrons. The van der Waals surface area contributed by atoms with Crippen molar-refractivity contribution in [3.8, 4) is 0 Å². The number of piperazine rings is 1. The number of furan rings is 1. The average Bonchev–Trinajstić information content (AvgIpc) is 3.43. The van der Waals surface area contributed by atoms with Gasteiger partial charge in [0.2, 0.25) is 15.9 Å². The first-order chi connectivity index (χ1) is 16.4. The molecule has 182 valence electrons. The maximum atomic E-state index is 13.2. The Bertz CT molecular complexity index is 1150. The second-order valence-electron chi connectivity index (χ2n) is 9.41. The topological polar surface area (TPSA) is 91.1 Å². The minimum atomic E-state index is -3.55. The van der Waals surface area contributed by atoms with Crippen LogP contribution >= 0.6 is 0 Å². The summed E-state index contributed by atoms with van der Waals surface area (Å²) in [6, 6.07) is 8.88. The van der Waals surface area contributed by atoms with Crippen LogP contribution in [0.1, 0.15) is 47.4 Å². The Morgan fingerprint density at radius 2 is 1.53 bits per heavy atom. The lowest BCUT2D eigenvalue weighted by Gasteiger charge is -2.38. The Morgan fingerprint density at radius 3 is 2.21 bits per heavy atom. The second-order valence-corrected chi connectivity index (χ2v) is 11.3. The summed E-state index contributed by atoms with van der Waals surface area (Å²) in [5.41, 5.74) is 2.42. The van der Waals surface area contributed by atoms with E-state index in [4.69, 9.17) is 4.42 Å². The Balaban J connectivity index is 1.15. The van der Waals surface area contributed by atoms with E-state index in [0.29, 0.717) is 62.8 Å². The van der Waals surface area contributed by atoms with Crippen LogP contribution in [0.4, 0.5) is 0 Å². The Morgan fingerprint density at radius 1 is 0.853 bits per heavy atom. The predicted molar refractivity (Wildman–Crippen MR) is 126 cm³/mol. The number of hydrogen-bond acceptors (Lipinski definition) is 5. The molecular formula is C25H31N3O5S. The van der Waals surface area contributed by atoms with E-state index >= 15 is 0 Å². The highest BCUT2D eigenvalue weighted by molar-refractivity contribution is 7.89. The molecule has 0 unspecified atom stereocenters. The van der Waals surface area contributed by atoms with Gasteiger partial charge in [0.05, 0.1) is 11.2 Å². The van der Waals surface area contributed by atoms with E-state index in [0.717, 1.165) is 31.2 Å². The summed E-state index contributed by atoms with van der Waals surface area (Å²) in [7, 11) is -3.55. The summed E-state index contributed by atoms with van der Waals surface area (Å²) in [4.78, 5) is 29.4. The van der Waals surface area contributed by atoms with Gasteiger partial charge in [-0.2, -0.15) is 4.31 Å². The molecule has 2 saturated heterocycles. The highest BCUT2D eigenvalue weighted by atomic mass is 32.2. The lowest BCUT2D eigenvalue weighted by Crippen LogP contribution is -2.53. The van der Waals surface area contributed by atoms with Gasteiger partial charge < -0.3 is 14.2 Å². The van der Waals surface area contributed by atoms with Crippen molar-refractivity contribution in [1.29, 1.82) is 0 Å². The molecule has 34 heavy (non-hydrogen) atoms. The standard InChI is InChI=1S/C25H31N3O5S/c29-24(26-13-15-27(16-14-26)25(30)23-6-3-17-33-23)20-9-11-28(12-10-20)34(31,32)22-8-7-19-4-1-2-5-21(19)18-22/h3,6-8,17-18,20H,1-2,4-5,9-16H2. The predicted octanol–water partition coefficient (Wildman–Crippen LogP) is 2.54. The van der Waals surface area contributed by atoms with E-state index in [1.807, 2.05) is 17.0 Å². The summed E-state index contributed by atoms with van der Waals surface area (Å²) in [5.74, 6) is 0.0447. The molecule has 0 atom stereocenters. The van der Waals surface area contributed by atoms with Crippen LogP contribution in [0.5, 0.6) is 0 Å². The normalized spacial score (nSPS) is 20.2. The third-order valence-corrected chi connectivity index (χ3v) is 9.27. The minimum absolute atomic E-state index is 0.0657. The zero-order valence-corrected chi connectivity index (χ0v) is 20.1. The van der Waals surface area contributed by atoms with Crippen LogP contribution in [0.2, 0.25) is 0 Å². The summed E-state index contributed by atoms with van der Waals surface area (Å²) in [6.45, 7) is 2.62. The fourth-order valence-corrected chi connectivity index (χ4v) is 6.83. The first-order valence-corrected chi connectivity index (χ1v) is 13.6. The number of piperidine rings is 1. The van der Waals surface area contributed by atoms with Gasteiger partial charge in [-0.15, -0.1) is 0 Å². The monoisotopic (exact) mass is 485 g/mol. The summed E-state index contributed by atoms with van der Waals surface area (Å²) in [6.07, 6.45) is 6.75. The molecule has 2 aromatic rings. The highest BCUT2D eigenvalue weighted by Gasteiger charge is 2.35. The van der Waals surface area contributed by atoms with Gasteiger partial charge in [-0.05, 0) is 73.9 Å². The summed E-state index contributed by atoms with van der Waals surface area (Å²) in [5, 5.41) is 0. The number of benzene rings is 1. The molecule has 1 aromatic carbocycles. The molecule has 5 rings (SSSR count). The zero-order valence-electron chi connectivity index (χ0n) is 19.3. The molecule has 3 aliphatic rings. The molecule has 9 heteroatoms. The van der Waals surface area contributed by atoms with Crippen LogP contribution in [0.15, 0.2) is 45.9 Å². The van der Waals surface area contributed by atoms with Crippen LogP contribution in [0.3, 0.4) is 0 Å². The van der Waals surface area contributed by atoms with Crippen molar-refractivity contribution in [1.82, 2.24) is 14.1 Å². The van der Waals surface area contributed by atoms with Crippen molar-refractivity contribution in [2.75, 3.05) is 39.3 Å². The van der Waals surface area contributed by atoms with Crippen molar-refractivity contribution in [3.05, 3.63) is 53.5 Å². The molecule has 8 nitrogen and oxygen atoms in total. The van der Waals surface area contributed by atoms with E-state index in [-0.39, 0.29) is 17.7 Å². The lowest BCUT2D eigenvalue weighted by atomic mass is 9.92. The molecule has 2 amide bonds. The molecule has 1 aliphatic carbocycles. The molecule has 1 aromatic heterocycles. The van der Waals surface area contributed by atoms with E-state index in [1.54, 1.807) is 23.1 Å². The van der Waals surface area contributed by atoms with Crippen LogP contribution in [-0.4, -0.2) is 73.6 Å². The van der Waals surface area contributed by atoms with Crippen molar-refractivity contribution >= 4 is 21.8 Å². The molecule has 2 fully saturated rings. The minimum Gasteiger partial charge on any atom is -0.459 e. The molecule has 3 heterocycles. The van der Waals surface area contributed by atoms with Crippen LogP contribution in [0, 0.1) is 5.92 Å². The number of nitrogens with zero attached hydrogens (tertiary/aromatic N) is 3. The Hall–Kier alpha value is -2.65. The maximum absolute atomic E-state index is 13.2. The summed E-state index contributed by atoms with van der Waals surface area (Å²) >= 11 is 0. The quantitative estimate of drug-likeness (QED) is 0.664. The van der Waals surface area contributed by atoms with Gasteiger partial charge in [0, 0.05) is 45.2 Å². The number of amides is 2. The maximum Gasteiger partial charge on any atom is 0.289 e. The Labute approximate surface area is 200 Å². The van der Waals surface area contributed by atoms with E-state index in [9.17, 15) is 18.0 Å². The van der Waals surface area contributed by atoms with Crippen molar-refractivity contribution in [2.24, 2.45) is 5.92 Å². The van der Waals surface area contributed by atoms with E-state index in [2.05, 4.69) is 0 Å². The molecule has 0 bridgehead atoms. The smallest absolute Gasteiger partial charge is 0.289 e. The van der Waals surface area contributed by atoms with Crippen LogP contribution < -0.4 is 0 Å². The molecular weight excluding hydrogens is 454 g/mol. The fourth-order valence-electron chi connectivity index (χ4n) is 5.31. The zero-order chi connectivity index (χ0) is 23.7. The SMILES string of the molecule is O=C(c1ccco1)N1CCN(C(=O)C2CCN(S(=O)(=O)c3ccc4c(c3)CCCC4)CC2)CC1. The molecule has 0 spiro atoms. The third-order valence-electron chi connectivity index (χ3n) is 7.37. The average molecular weight is 486 g/mol.